The lowest BCUT2D eigenvalue weighted by atomic mass is 10.2. The lowest BCUT2D eigenvalue weighted by molar-refractivity contribution is 0.429. The molecule has 0 saturated carbocycles. The summed E-state index contributed by atoms with van der Waals surface area (Å²) in [5, 5.41) is 3.66. The number of nitrogens with two attached hydrogens (primary N) is 1. The van der Waals surface area contributed by atoms with Crippen LogP contribution in [0.3, 0.4) is 0 Å². The summed E-state index contributed by atoms with van der Waals surface area (Å²) in [6, 6.07) is 2.84. The molecule has 0 aliphatic carbocycles. The highest BCUT2D eigenvalue weighted by atomic mass is 32.2. The van der Waals surface area contributed by atoms with Crippen LogP contribution in [0, 0.1) is 5.82 Å². The molecule has 3 aromatic rings. The van der Waals surface area contributed by atoms with Crippen LogP contribution in [-0.4, -0.2) is 34.8 Å². The van der Waals surface area contributed by atoms with E-state index in [0.29, 0.717) is 0 Å². The first kappa shape index (κ1) is 15.0. The van der Waals surface area contributed by atoms with Gasteiger partial charge >= 0.3 is 0 Å². The van der Waals surface area contributed by atoms with E-state index in [1.807, 2.05) is 0 Å². The van der Waals surface area contributed by atoms with Crippen molar-refractivity contribution in [3.05, 3.63) is 36.5 Å². The van der Waals surface area contributed by atoms with E-state index in [1.54, 1.807) is 0 Å². The summed E-state index contributed by atoms with van der Waals surface area (Å²) in [6.45, 7) is 0. The minimum absolute atomic E-state index is 0.0121. The van der Waals surface area contributed by atoms with Gasteiger partial charge in [0, 0.05) is 12.5 Å². The molecule has 0 saturated heterocycles. The highest BCUT2D eigenvalue weighted by Gasteiger charge is 2.22. The van der Waals surface area contributed by atoms with Crippen LogP contribution in [0.25, 0.3) is 23.0 Å². The quantitative estimate of drug-likeness (QED) is 0.759. The number of halogens is 1. The number of anilines is 1. The molecule has 0 spiro atoms. The van der Waals surface area contributed by atoms with Gasteiger partial charge in [-0.25, -0.2) is 12.8 Å². The molecule has 118 valence electrons. The summed E-state index contributed by atoms with van der Waals surface area (Å²) >= 11 is 0. The van der Waals surface area contributed by atoms with E-state index in [-0.39, 0.29) is 33.6 Å². The first-order chi connectivity index (χ1) is 10.9. The van der Waals surface area contributed by atoms with E-state index in [0.717, 1.165) is 12.5 Å². The summed E-state index contributed by atoms with van der Waals surface area (Å²) in [4.78, 5) is 11.5. The third-order valence-electron chi connectivity index (χ3n) is 2.95. The Labute approximate surface area is 130 Å². The number of hydrogen-bond donors (Lipinski definition) is 1. The van der Waals surface area contributed by atoms with E-state index < -0.39 is 15.7 Å². The third-order valence-corrected chi connectivity index (χ3v) is 4.08. The van der Waals surface area contributed by atoms with Gasteiger partial charge in [0.25, 0.3) is 5.89 Å². The van der Waals surface area contributed by atoms with Crippen LogP contribution in [0.1, 0.15) is 0 Å². The number of sulfone groups is 1. The lowest BCUT2D eigenvalue weighted by Crippen LogP contribution is -2.02. The maximum Gasteiger partial charge on any atom is 0.263 e. The second-order valence-electron chi connectivity index (χ2n) is 4.63. The Kier molecular flexibility index (Phi) is 3.52. The van der Waals surface area contributed by atoms with Gasteiger partial charge in [-0.3, -0.25) is 9.97 Å². The Morgan fingerprint density at radius 2 is 2.09 bits per heavy atom. The van der Waals surface area contributed by atoms with Crippen molar-refractivity contribution in [3.63, 3.8) is 0 Å². The van der Waals surface area contributed by atoms with Gasteiger partial charge in [-0.15, -0.1) is 0 Å². The SMILES string of the molecule is CS(=O)(=O)c1cccnc1-c1noc(-c2c(N)cncc2F)n1. The molecule has 0 unspecified atom stereocenters. The Hall–Kier alpha value is -2.88. The number of rotatable bonds is 3. The number of pyridine rings is 2. The van der Waals surface area contributed by atoms with Crippen molar-refractivity contribution in [2.24, 2.45) is 0 Å². The molecule has 10 heteroatoms. The minimum Gasteiger partial charge on any atom is -0.397 e. The van der Waals surface area contributed by atoms with Crippen LogP contribution in [-0.2, 0) is 9.84 Å². The second-order valence-corrected chi connectivity index (χ2v) is 6.62. The Morgan fingerprint density at radius 3 is 2.78 bits per heavy atom. The third kappa shape index (κ3) is 2.75. The number of hydrogen-bond acceptors (Lipinski definition) is 8. The van der Waals surface area contributed by atoms with Gasteiger partial charge < -0.3 is 10.3 Å². The average Bonchev–Trinajstić information content (AvgIpc) is 2.95. The Morgan fingerprint density at radius 1 is 1.30 bits per heavy atom. The molecule has 0 amide bonds. The molecule has 0 aliphatic heterocycles. The second kappa shape index (κ2) is 5.39. The van der Waals surface area contributed by atoms with Crippen molar-refractivity contribution >= 4 is 15.5 Å². The molecule has 3 heterocycles. The van der Waals surface area contributed by atoms with Crippen LogP contribution in [0.15, 0.2) is 40.1 Å². The first-order valence-corrected chi connectivity index (χ1v) is 8.15. The summed E-state index contributed by atoms with van der Waals surface area (Å²) in [5.74, 6) is -1.01. The number of nitrogen functional groups attached to an aromatic ring is 1. The molecule has 0 radical (unpaired) electrons. The van der Waals surface area contributed by atoms with Crippen LogP contribution in [0.2, 0.25) is 0 Å². The lowest BCUT2D eigenvalue weighted by Gasteiger charge is -2.02. The zero-order valence-corrected chi connectivity index (χ0v) is 12.6. The Balaban J connectivity index is 2.15. The zero-order valence-electron chi connectivity index (χ0n) is 11.8. The zero-order chi connectivity index (χ0) is 16.6. The average molecular weight is 335 g/mol. The smallest absolute Gasteiger partial charge is 0.263 e. The predicted molar refractivity (Wildman–Crippen MR) is 78.2 cm³/mol. The maximum atomic E-state index is 13.8. The van der Waals surface area contributed by atoms with Crippen molar-refractivity contribution < 1.29 is 17.3 Å². The molecule has 0 bridgehead atoms. The van der Waals surface area contributed by atoms with Crippen molar-refractivity contribution in [1.82, 2.24) is 20.1 Å². The van der Waals surface area contributed by atoms with Crippen molar-refractivity contribution in [3.8, 4) is 23.0 Å². The fourth-order valence-electron chi connectivity index (χ4n) is 1.95. The highest BCUT2D eigenvalue weighted by molar-refractivity contribution is 7.90. The monoisotopic (exact) mass is 335 g/mol. The summed E-state index contributed by atoms with van der Waals surface area (Å²) in [5.41, 5.74) is 5.59. The first-order valence-electron chi connectivity index (χ1n) is 6.26. The molecule has 3 rings (SSSR count). The van der Waals surface area contributed by atoms with E-state index in [9.17, 15) is 12.8 Å². The molecule has 0 aromatic carbocycles. The number of nitrogens with zero attached hydrogens (tertiary/aromatic N) is 4. The largest absolute Gasteiger partial charge is 0.397 e. The van der Waals surface area contributed by atoms with Gasteiger partial charge in [0.15, 0.2) is 15.7 Å². The van der Waals surface area contributed by atoms with Crippen molar-refractivity contribution in [2.45, 2.75) is 4.90 Å². The van der Waals surface area contributed by atoms with Gasteiger partial charge in [0.05, 0.1) is 23.0 Å². The Bertz CT molecular complexity index is 967. The molecule has 0 fully saturated rings. The maximum absolute atomic E-state index is 13.8. The fourth-order valence-corrected chi connectivity index (χ4v) is 2.78. The van der Waals surface area contributed by atoms with Crippen LogP contribution >= 0.6 is 0 Å². The van der Waals surface area contributed by atoms with E-state index in [1.165, 1.54) is 24.5 Å². The van der Waals surface area contributed by atoms with Crippen LogP contribution < -0.4 is 5.73 Å². The summed E-state index contributed by atoms with van der Waals surface area (Å²) in [7, 11) is -3.55. The molecule has 0 atom stereocenters. The van der Waals surface area contributed by atoms with Crippen molar-refractivity contribution in [2.75, 3.05) is 12.0 Å². The van der Waals surface area contributed by atoms with Gasteiger partial charge in [-0.05, 0) is 12.1 Å². The fraction of sp³-hybridized carbons (Fsp3) is 0.0769. The molecular formula is C13H10FN5O3S. The number of aromatic nitrogens is 4. The standard InChI is InChI=1S/C13H10FN5O3S/c1-23(20,21)9-3-2-4-17-11(9)12-18-13(22-19-12)10-7(14)5-16-6-8(10)15/h2-6H,15H2,1H3. The normalized spacial score (nSPS) is 11.6. The molecule has 23 heavy (non-hydrogen) atoms. The topological polar surface area (TPSA) is 125 Å². The summed E-state index contributed by atoms with van der Waals surface area (Å²) in [6.07, 6.45) is 4.62. The van der Waals surface area contributed by atoms with Gasteiger partial charge in [0.2, 0.25) is 5.82 Å². The van der Waals surface area contributed by atoms with E-state index >= 15 is 0 Å². The molecular weight excluding hydrogens is 325 g/mol. The van der Waals surface area contributed by atoms with Crippen molar-refractivity contribution in [1.29, 1.82) is 0 Å². The molecule has 0 aliphatic rings. The van der Waals surface area contributed by atoms with Gasteiger partial charge in [-0.2, -0.15) is 4.98 Å². The van der Waals surface area contributed by atoms with Gasteiger partial charge in [-0.1, -0.05) is 5.16 Å². The van der Waals surface area contributed by atoms with E-state index in [4.69, 9.17) is 10.3 Å². The van der Waals surface area contributed by atoms with Crippen LogP contribution in [0.5, 0.6) is 0 Å². The van der Waals surface area contributed by atoms with Gasteiger partial charge in [0.1, 0.15) is 11.3 Å². The van der Waals surface area contributed by atoms with E-state index in [2.05, 4.69) is 20.1 Å². The molecule has 3 aromatic heterocycles. The summed E-state index contributed by atoms with van der Waals surface area (Å²) < 4.78 is 42.4. The highest BCUT2D eigenvalue weighted by Crippen LogP contribution is 2.29. The molecule has 2 N–H and O–H groups in total. The minimum atomic E-state index is -3.55. The molecule has 8 nitrogen and oxygen atoms in total. The predicted octanol–water partition coefficient (Wildman–Crippen LogP) is 1.32. The van der Waals surface area contributed by atoms with Crippen LogP contribution in [0.4, 0.5) is 10.1 Å².